The highest BCUT2D eigenvalue weighted by Gasteiger charge is 2.25. The fourth-order valence-corrected chi connectivity index (χ4v) is 1.53. The SMILES string of the molecule is CC(C)C(C(N)=O)N1C=CN(C(=O)O)C=C1. The minimum atomic E-state index is -1.08. The van der Waals surface area contributed by atoms with Gasteiger partial charge in [0, 0.05) is 24.8 Å². The van der Waals surface area contributed by atoms with Crippen LogP contribution in [0.1, 0.15) is 13.8 Å². The summed E-state index contributed by atoms with van der Waals surface area (Å²) in [7, 11) is 0. The van der Waals surface area contributed by atoms with Crippen LogP contribution in [0.2, 0.25) is 0 Å². The van der Waals surface area contributed by atoms with E-state index in [1.54, 1.807) is 4.90 Å². The Hall–Kier alpha value is -1.98. The molecule has 1 atom stereocenters. The van der Waals surface area contributed by atoms with E-state index in [9.17, 15) is 9.59 Å². The lowest BCUT2D eigenvalue weighted by molar-refractivity contribution is -0.122. The average molecular weight is 225 g/mol. The lowest BCUT2D eigenvalue weighted by atomic mass is 10.0. The van der Waals surface area contributed by atoms with Crippen molar-refractivity contribution >= 4 is 12.0 Å². The van der Waals surface area contributed by atoms with Crippen molar-refractivity contribution in [2.45, 2.75) is 19.9 Å². The van der Waals surface area contributed by atoms with Crippen LogP contribution in [0, 0.1) is 5.92 Å². The number of amides is 2. The highest BCUT2D eigenvalue weighted by molar-refractivity contribution is 5.80. The Labute approximate surface area is 93.6 Å². The van der Waals surface area contributed by atoms with Gasteiger partial charge in [-0.2, -0.15) is 0 Å². The number of carbonyl (C=O) groups excluding carboxylic acids is 1. The van der Waals surface area contributed by atoms with Crippen LogP contribution < -0.4 is 5.73 Å². The number of hydrogen-bond acceptors (Lipinski definition) is 3. The highest BCUT2D eigenvalue weighted by Crippen LogP contribution is 2.15. The van der Waals surface area contributed by atoms with E-state index in [2.05, 4.69) is 0 Å². The van der Waals surface area contributed by atoms with E-state index in [0.717, 1.165) is 4.90 Å². The van der Waals surface area contributed by atoms with Gasteiger partial charge >= 0.3 is 6.09 Å². The lowest BCUT2D eigenvalue weighted by Gasteiger charge is -2.30. The second kappa shape index (κ2) is 4.69. The third-order valence-corrected chi connectivity index (χ3v) is 2.26. The van der Waals surface area contributed by atoms with Gasteiger partial charge < -0.3 is 15.7 Å². The molecule has 1 rings (SSSR count). The molecule has 0 saturated carbocycles. The number of nitrogens with zero attached hydrogens (tertiary/aromatic N) is 2. The Morgan fingerprint density at radius 1 is 1.19 bits per heavy atom. The summed E-state index contributed by atoms with van der Waals surface area (Å²) in [5.41, 5.74) is 5.28. The molecule has 0 spiro atoms. The summed E-state index contributed by atoms with van der Waals surface area (Å²) >= 11 is 0. The zero-order chi connectivity index (χ0) is 12.3. The van der Waals surface area contributed by atoms with Crippen LogP contribution in [-0.4, -0.2) is 32.9 Å². The number of rotatable bonds is 3. The van der Waals surface area contributed by atoms with Gasteiger partial charge in [-0.1, -0.05) is 13.8 Å². The van der Waals surface area contributed by atoms with Crippen LogP contribution in [0.5, 0.6) is 0 Å². The molecule has 0 aromatic heterocycles. The van der Waals surface area contributed by atoms with Crippen molar-refractivity contribution in [1.29, 1.82) is 0 Å². The van der Waals surface area contributed by atoms with Crippen molar-refractivity contribution in [1.82, 2.24) is 9.80 Å². The molecule has 6 nitrogen and oxygen atoms in total. The number of carbonyl (C=O) groups is 2. The van der Waals surface area contributed by atoms with Crippen molar-refractivity contribution in [3.8, 4) is 0 Å². The van der Waals surface area contributed by atoms with E-state index in [-0.39, 0.29) is 5.92 Å². The second-order valence-corrected chi connectivity index (χ2v) is 3.82. The average Bonchev–Trinajstić information content (AvgIpc) is 2.17. The Morgan fingerprint density at radius 2 is 1.69 bits per heavy atom. The van der Waals surface area contributed by atoms with Crippen LogP contribution in [0.4, 0.5) is 4.79 Å². The zero-order valence-corrected chi connectivity index (χ0v) is 9.20. The molecule has 0 aromatic carbocycles. The van der Waals surface area contributed by atoms with Gasteiger partial charge in [-0.3, -0.25) is 9.69 Å². The molecule has 1 aliphatic heterocycles. The number of primary amides is 1. The first-order valence-electron chi connectivity index (χ1n) is 4.88. The predicted molar refractivity (Wildman–Crippen MR) is 57.8 cm³/mol. The summed E-state index contributed by atoms with van der Waals surface area (Å²) in [6, 6.07) is -0.469. The van der Waals surface area contributed by atoms with Crippen LogP contribution in [0.3, 0.4) is 0 Å². The molecule has 0 aliphatic carbocycles. The highest BCUT2D eigenvalue weighted by atomic mass is 16.4. The Bertz CT molecular complexity index is 335. The van der Waals surface area contributed by atoms with Crippen molar-refractivity contribution in [3.63, 3.8) is 0 Å². The molecule has 1 unspecified atom stereocenters. The van der Waals surface area contributed by atoms with E-state index < -0.39 is 18.0 Å². The molecular weight excluding hydrogens is 210 g/mol. The summed E-state index contributed by atoms with van der Waals surface area (Å²) in [6.45, 7) is 3.75. The summed E-state index contributed by atoms with van der Waals surface area (Å²) < 4.78 is 0. The Kier molecular flexibility index (Phi) is 3.55. The minimum absolute atomic E-state index is 0.0446. The van der Waals surface area contributed by atoms with Gasteiger partial charge in [0.25, 0.3) is 0 Å². The molecule has 88 valence electrons. The first-order valence-corrected chi connectivity index (χ1v) is 4.88. The molecule has 6 heteroatoms. The van der Waals surface area contributed by atoms with E-state index in [0.29, 0.717) is 0 Å². The van der Waals surface area contributed by atoms with Gasteiger partial charge in [0.2, 0.25) is 5.91 Å². The van der Waals surface area contributed by atoms with Crippen molar-refractivity contribution in [2.24, 2.45) is 11.7 Å². The third kappa shape index (κ3) is 2.53. The normalized spacial score (nSPS) is 16.7. The number of hydrogen-bond donors (Lipinski definition) is 2. The van der Waals surface area contributed by atoms with Crippen molar-refractivity contribution in [3.05, 3.63) is 24.8 Å². The smallest absolute Gasteiger partial charge is 0.415 e. The van der Waals surface area contributed by atoms with E-state index in [1.165, 1.54) is 24.8 Å². The molecule has 3 N–H and O–H groups in total. The maximum atomic E-state index is 11.2. The summed E-state index contributed by atoms with van der Waals surface area (Å²) in [5.74, 6) is -0.392. The van der Waals surface area contributed by atoms with Crippen molar-refractivity contribution in [2.75, 3.05) is 0 Å². The van der Waals surface area contributed by atoms with Gasteiger partial charge in [0.05, 0.1) is 0 Å². The molecule has 2 amide bonds. The zero-order valence-electron chi connectivity index (χ0n) is 9.20. The van der Waals surface area contributed by atoms with Gasteiger partial charge in [-0.15, -0.1) is 0 Å². The number of nitrogens with two attached hydrogens (primary N) is 1. The fraction of sp³-hybridized carbons (Fsp3) is 0.400. The molecule has 0 bridgehead atoms. The van der Waals surface area contributed by atoms with Crippen LogP contribution in [-0.2, 0) is 4.79 Å². The first-order chi connectivity index (χ1) is 7.43. The predicted octanol–water partition coefficient (Wildman–Crippen LogP) is 0.734. The fourth-order valence-electron chi connectivity index (χ4n) is 1.53. The van der Waals surface area contributed by atoms with E-state index >= 15 is 0 Å². The maximum absolute atomic E-state index is 11.2. The molecule has 0 aromatic rings. The van der Waals surface area contributed by atoms with Gasteiger partial charge in [-0.05, 0) is 5.92 Å². The largest absolute Gasteiger partial charge is 0.464 e. The monoisotopic (exact) mass is 225 g/mol. The summed E-state index contributed by atoms with van der Waals surface area (Å²) in [5, 5.41) is 8.69. The molecule has 16 heavy (non-hydrogen) atoms. The summed E-state index contributed by atoms with van der Waals surface area (Å²) in [4.78, 5) is 24.4. The van der Waals surface area contributed by atoms with Crippen molar-refractivity contribution < 1.29 is 14.7 Å². The minimum Gasteiger partial charge on any atom is -0.464 e. The Balaban J connectivity index is 2.78. The van der Waals surface area contributed by atoms with Gasteiger partial charge in [0.1, 0.15) is 6.04 Å². The van der Waals surface area contributed by atoms with Crippen LogP contribution in [0.15, 0.2) is 24.8 Å². The van der Waals surface area contributed by atoms with Crippen LogP contribution >= 0.6 is 0 Å². The van der Waals surface area contributed by atoms with Gasteiger partial charge in [-0.25, -0.2) is 4.79 Å². The van der Waals surface area contributed by atoms with Crippen LogP contribution in [0.25, 0.3) is 0 Å². The molecule has 1 heterocycles. The first kappa shape index (κ1) is 12.1. The van der Waals surface area contributed by atoms with Gasteiger partial charge in [0.15, 0.2) is 0 Å². The molecule has 0 saturated heterocycles. The third-order valence-electron chi connectivity index (χ3n) is 2.26. The Morgan fingerprint density at radius 3 is 2.00 bits per heavy atom. The van der Waals surface area contributed by atoms with E-state index in [4.69, 9.17) is 10.8 Å². The quantitative estimate of drug-likeness (QED) is 0.741. The van der Waals surface area contributed by atoms with E-state index in [1.807, 2.05) is 13.8 Å². The molecular formula is C10H15N3O3. The molecule has 0 radical (unpaired) electrons. The standard InChI is InChI=1S/C10H15N3O3/c1-7(2)8(9(11)14)12-3-5-13(6-4-12)10(15)16/h3-8H,1-2H3,(H2,11,14)(H,15,16). The lowest BCUT2D eigenvalue weighted by Crippen LogP contribution is -2.44. The number of carboxylic acid groups (broad SMARTS) is 1. The second-order valence-electron chi connectivity index (χ2n) is 3.82. The molecule has 1 aliphatic rings. The topological polar surface area (TPSA) is 86.9 Å². The summed E-state index contributed by atoms with van der Waals surface area (Å²) in [6.07, 6.45) is 4.68. The molecule has 0 fully saturated rings. The maximum Gasteiger partial charge on any atom is 0.415 e.